The molecule has 0 radical (unpaired) electrons. The van der Waals surface area contributed by atoms with Gasteiger partial charge in [0.2, 0.25) is 5.91 Å². The number of hydrogen-bond acceptors (Lipinski definition) is 3. The Morgan fingerprint density at radius 3 is 2.69 bits per heavy atom. The molecule has 1 aromatic rings. The fourth-order valence-electron chi connectivity index (χ4n) is 9.45. The monoisotopic (exact) mass is 395 g/mol. The lowest BCUT2D eigenvalue weighted by molar-refractivity contribution is -0.939. The van der Waals surface area contributed by atoms with Crippen LogP contribution in [0.1, 0.15) is 51.0 Å². The predicted octanol–water partition coefficient (Wildman–Crippen LogP) is 3.02. The maximum absolute atomic E-state index is 13.3. The van der Waals surface area contributed by atoms with Gasteiger partial charge in [-0.25, -0.2) is 0 Å². The molecule has 0 N–H and O–H groups in total. The first-order valence-electron chi connectivity index (χ1n) is 11.2. The molecule has 29 heavy (non-hydrogen) atoms. The number of nitrogens with zero attached hydrogens (tertiary/aromatic N) is 2. The summed E-state index contributed by atoms with van der Waals surface area (Å²) in [6.07, 6.45) is 6.42. The van der Waals surface area contributed by atoms with Crippen LogP contribution in [0, 0.1) is 11.3 Å². The highest BCUT2D eigenvalue weighted by Crippen LogP contribution is 2.77. The van der Waals surface area contributed by atoms with Crippen molar-refractivity contribution in [3.05, 3.63) is 29.8 Å². The summed E-state index contributed by atoms with van der Waals surface area (Å²) >= 11 is 0. The third-order valence-corrected chi connectivity index (χ3v) is 9.82. The second-order valence-corrected chi connectivity index (χ2v) is 10.6. The van der Waals surface area contributed by atoms with Gasteiger partial charge in [0.15, 0.2) is 0 Å². The fourth-order valence-corrected chi connectivity index (χ4v) is 9.45. The Labute approximate surface area is 172 Å². The largest absolute Gasteiger partial charge is 0.469 e. The van der Waals surface area contributed by atoms with Gasteiger partial charge in [0.05, 0.1) is 44.1 Å². The highest BCUT2D eigenvalue weighted by atomic mass is 16.5. The van der Waals surface area contributed by atoms with Crippen LogP contribution in [0.5, 0.6) is 0 Å². The highest BCUT2D eigenvalue weighted by Gasteiger charge is 2.85. The third kappa shape index (κ3) is 1.68. The van der Waals surface area contributed by atoms with Crippen molar-refractivity contribution < 1.29 is 18.8 Å². The molecule has 3 saturated carbocycles. The molecule has 1 amide bonds. The molecule has 3 heterocycles. The van der Waals surface area contributed by atoms with Gasteiger partial charge in [-0.05, 0) is 43.7 Å². The number of benzene rings is 1. The van der Waals surface area contributed by atoms with Gasteiger partial charge in [-0.1, -0.05) is 18.2 Å². The molecular weight excluding hydrogens is 364 g/mol. The lowest BCUT2D eigenvalue weighted by Gasteiger charge is -2.70. The van der Waals surface area contributed by atoms with Crippen LogP contribution in [0.15, 0.2) is 24.3 Å². The van der Waals surface area contributed by atoms with Crippen molar-refractivity contribution in [3.63, 3.8) is 0 Å². The van der Waals surface area contributed by atoms with Crippen LogP contribution in [0.3, 0.4) is 0 Å². The molecule has 5 fully saturated rings. The van der Waals surface area contributed by atoms with Crippen molar-refractivity contribution in [2.45, 2.75) is 62.4 Å². The molecule has 5 nitrogen and oxygen atoms in total. The number of carbonyl (C=O) groups is 2. The summed E-state index contributed by atoms with van der Waals surface area (Å²) in [6.45, 7) is 4.04. The number of piperidine rings is 1. The van der Waals surface area contributed by atoms with Gasteiger partial charge in [-0.2, -0.15) is 0 Å². The zero-order valence-electron chi connectivity index (χ0n) is 17.7. The van der Waals surface area contributed by atoms with E-state index in [0.717, 1.165) is 42.4 Å². The molecule has 3 aliphatic carbocycles. The van der Waals surface area contributed by atoms with Crippen LogP contribution in [0.2, 0.25) is 0 Å². The number of fused-ring (bicyclic) bond motifs is 3. The first-order valence-corrected chi connectivity index (χ1v) is 11.2. The van der Waals surface area contributed by atoms with Gasteiger partial charge < -0.3 is 14.1 Å². The summed E-state index contributed by atoms with van der Waals surface area (Å²) < 4.78 is 6.50. The standard InChI is InChI=1S/C24H31N2O3/c1-16(27)25-19-8-5-4-7-17(19)23-12-14-26(2)13-6-9-22(21(23)26)10-11-24(23,25)18(15-22)20(28)29-3/h4-5,7-8,18,21H,6,9-15H2,1-3H3/q+1/t18-,21-,22+,23+,24-,26+/m0/s1. The molecule has 7 rings (SSSR count). The van der Waals surface area contributed by atoms with E-state index in [0.29, 0.717) is 6.04 Å². The number of esters is 1. The van der Waals surface area contributed by atoms with Crippen LogP contribution in [-0.4, -0.2) is 55.2 Å². The Bertz CT molecular complexity index is 946. The SMILES string of the molecule is COC(=O)[C@@H]1C[C@@]23CCC[N@+]4(C)CC[C@@]5(c6ccccc6N(C(C)=O)[C@@]15CC2)[C@H]34. The summed E-state index contributed by atoms with van der Waals surface area (Å²) in [5, 5.41) is 0. The van der Waals surface area contributed by atoms with Gasteiger partial charge >= 0.3 is 5.97 Å². The number of carbonyl (C=O) groups excluding carboxylic acids is 2. The van der Waals surface area contributed by atoms with Gasteiger partial charge in [0.1, 0.15) is 6.04 Å². The van der Waals surface area contributed by atoms with Crippen molar-refractivity contribution in [1.82, 2.24) is 0 Å². The summed E-state index contributed by atoms with van der Waals surface area (Å²) in [5.74, 6) is -0.291. The molecule has 5 heteroatoms. The number of anilines is 1. The summed E-state index contributed by atoms with van der Waals surface area (Å²) in [7, 11) is 3.96. The van der Waals surface area contributed by atoms with E-state index in [9.17, 15) is 9.59 Å². The molecule has 1 aromatic carbocycles. The van der Waals surface area contributed by atoms with Gasteiger partial charge in [-0.3, -0.25) is 9.59 Å². The van der Waals surface area contributed by atoms with Gasteiger partial charge in [0.25, 0.3) is 0 Å². The number of ether oxygens (including phenoxy) is 1. The Kier molecular flexibility index (Phi) is 3.24. The quantitative estimate of drug-likeness (QED) is 0.542. The predicted molar refractivity (Wildman–Crippen MR) is 109 cm³/mol. The molecule has 0 aromatic heterocycles. The zero-order valence-corrected chi connectivity index (χ0v) is 17.7. The number of hydrogen-bond donors (Lipinski definition) is 0. The number of para-hydroxylation sites is 1. The van der Waals surface area contributed by atoms with Crippen molar-refractivity contribution in [2.75, 3.05) is 32.1 Å². The molecule has 154 valence electrons. The average molecular weight is 396 g/mol. The molecule has 6 atom stereocenters. The number of quaternary nitrogens is 1. The Hall–Kier alpha value is -1.88. The first kappa shape index (κ1) is 17.9. The van der Waals surface area contributed by atoms with Crippen molar-refractivity contribution in [1.29, 1.82) is 0 Å². The average Bonchev–Trinajstić information content (AvgIpc) is 3.19. The minimum Gasteiger partial charge on any atom is -0.469 e. The minimum absolute atomic E-state index is 0.0644. The van der Waals surface area contributed by atoms with Crippen LogP contribution in [0.4, 0.5) is 5.69 Å². The van der Waals surface area contributed by atoms with E-state index in [1.165, 1.54) is 32.1 Å². The lowest BCUT2D eigenvalue weighted by atomic mass is 9.38. The molecule has 0 unspecified atom stereocenters. The van der Waals surface area contributed by atoms with Crippen LogP contribution >= 0.6 is 0 Å². The van der Waals surface area contributed by atoms with E-state index in [2.05, 4.69) is 30.1 Å². The fraction of sp³-hybridized carbons (Fsp3) is 0.667. The highest BCUT2D eigenvalue weighted by molar-refractivity contribution is 5.99. The molecule has 2 saturated heterocycles. The van der Waals surface area contributed by atoms with Gasteiger partial charge in [0, 0.05) is 24.4 Å². The second kappa shape index (κ2) is 5.23. The van der Waals surface area contributed by atoms with E-state index in [4.69, 9.17) is 4.74 Å². The second-order valence-electron chi connectivity index (χ2n) is 10.6. The summed E-state index contributed by atoms with van der Waals surface area (Å²) in [5.41, 5.74) is 1.94. The Morgan fingerprint density at radius 1 is 1.14 bits per heavy atom. The van der Waals surface area contributed by atoms with E-state index < -0.39 is 5.54 Å². The maximum atomic E-state index is 13.3. The smallest absolute Gasteiger partial charge is 0.311 e. The maximum Gasteiger partial charge on any atom is 0.311 e. The number of methoxy groups -OCH3 is 1. The number of rotatable bonds is 1. The van der Waals surface area contributed by atoms with E-state index in [1.54, 1.807) is 6.92 Å². The molecule has 6 aliphatic rings. The Morgan fingerprint density at radius 2 is 1.93 bits per heavy atom. The van der Waals surface area contributed by atoms with E-state index in [-0.39, 0.29) is 28.6 Å². The normalized spacial score (nSPS) is 46.1. The summed E-state index contributed by atoms with van der Waals surface area (Å²) in [4.78, 5) is 28.5. The van der Waals surface area contributed by atoms with Gasteiger partial charge in [-0.15, -0.1) is 0 Å². The van der Waals surface area contributed by atoms with Crippen molar-refractivity contribution in [3.8, 4) is 0 Å². The minimum atomic E-state index is -0.477. The van der Waals surface area contributed by atoms with Crippen LogP contribution in [-0.2, 0) is 19.7 Å². The Balaban J connectivity index is 1.72. The van der Waals surface area contributed by atoms with E-state index >= 15 is 0 Å². The number of likely N-dealkylation sites (N-methyl/N-ethyl adjacent to an activating group) is 1. The zero-order chi connectivity index (χ0) is 20.2. The van der Waals surface area contributed by atoms with Crippen molar-refractivity contribution >= 4 is 17.6 Å². The topological polar surface area (TPSA) is 46.6 Å². The molecule has 3 aliphatic heterocycles. The van der Waals surface area contributed by atoms with Crippen molar-refractivity contribution in [2.24, 2.45) is 11.3 Å². The summed E-state index contributed by atoms with van der Waals surface area (Å²) in [6, 6.07) is 9.02. The van der Waals surface area contributed by atoms with Crippen LogP contribution < -0.4 is 4.90 Å². The third-order valence-electron chi connectivity index (χ3n) is 9.82. The number of amides is 1. The first-order chi connectivity index (χ1) is 13.9. The van der Waals surface area contributed by atoms with Crippen LogP contribution in [0.25, 0.3) is 0 Å². The molecular formula is C24H31N2O3+. The molecule has 2 bridgehead atoms. The van der Waals surface area contributed by atoms with E-state index in [1.807, 2.05) is 6.07 Å². The lowest BCUT2D eigenvalue weighted by Crippen LogP contribution is -2.81. The molecule has 3 spiro atoms.